The summed E-state index contributed by atoms with van der Waals surface area (Å²) < 4.78 is 16.2. The minimum absolute atomic E-state index is 0.112. The van der Waals surface area contributed by atoms with E-state index in [4.69, 9.17) is 14.2 Å². The fraction of sp³-hybridized carbons (Fsp3) is 0.238. The topological polar surface area (TPSA) is 76.7 Å². The molecule has 0 unspecified atom stereocenters. The van der Waals surface area contributed by atoms with Crippen LogP contribution in [0.4, 0.5) is 0 Å². The maximum Gasteiger partial charge on any atom is 0.272 e. The quantitative estimate of drug-likeness (QED) is 0.736. The Morgan fingerprint density at radius 1 is 1.00 bits per heavy atom. The molecule has 1 aliphatic rings. The van der Waals surface area contributed by atoms with E-state index in [1.54, 1.807) is 33.3 Å². The summed E-state index contributed by atoms with van der Waals surface area (Å²) in [4.78, 5) is 14.5. The zero-order chi connectivity index (χ0) is 19.8. The van der Waals surface area contributed by atoms with Gasteiger partial charge in [0.1, 0.15) is 22.9 Å². The molecule has 0 fully saturated rings. The third kappa shape index (κ3) is 2.67. The van der Waals surface area contributed by atoms with Gasteiger partial charge in [0.15, 0.2) is 0 Å². The van der Waals surface area contributed by atoms with E-state index < -0.39 is 0 Å². The largest absolute Gasteiger partial charge is 0.497 e. The molecule has 0 bridgehead atoms. The van der Waals surface area contributed by atoms with Crippen LogP contribution in [0.1, 0.15) is 27.7 Å². The molecular formula is C21H21N3O4. The van der Waals surface area contributed by atoms with Crippen LogP contribution in [0.5, 0.6) is 17.2 Å². The highest BCUT2D eigenvalue weighted by molar-refractivity contribution is 6.00. The number of carbonyl (C=O) groups is 1. The Bertz CT molecular complexity index is 1040. The Kier molecular flexibility index (Phi) is 4.43. The lowest BCUT2D eigenvalue weighted by atomic mass is 9.95. The van der Waals surface area contributed by atoms with Crippen molar-refractivity contribution in [3.63, 3.8) is 0 Å². The maximum absolute atomic E-state index is 12.8. The van der Waals surface area contributed by atoms with Gasteiger partial charge in [0, 0.05) is 29.8 Å². The van der Waals surface area contributed by atoms with E-state index in [1.165, 1.54) is 0 Å². The molecule has 0 aliphatic carbocycles. The van der Waals surface area contributed by atoms with Gasteiger partial charge in [0.25, 0.3) is 5.91 Å². The zero-order valence-electron chi connectivity index (χ0n) is 16.1. The molecule has 144 valence electrons. The van der Waals surface area contributed by atoms with Crippen LogP contribution >= 0.6 is 0 Å². The fourth-order valence-electron chi connectivity index (χ4n) is 3.67. The smallest absolute Gasteiger partial charge is 0.272 e. The standard InChI is InChI=1S/C21H21N3O4/c1-24-20(15-9-8-14(27-3)11-16(15)28-4)17-18(22-23-19(17)21(24)25)12-6-5-7-13(10-12)26-2/h5-11,20H,1-4H3,(H,22,23)/t20-/m0/s1. The van der Waals surface area contributed by atoms with Gasteiger partial charge in [-0.2, -0.15) is 5.10 Å². The lowest BCUT2D eigenvalue weighted by molar-refractivity contribution is 0.0787. The van der Waals surface area contributed by atoms with Crippen molar-refractivity contribution >= 4 is 5.91 Å². The number of hydrogen-bond acceptors (Lipinski definition) is 5. The van der Waals surface area contributed by atoms with Gasteiger partial charge in [-0.15, -0.1) is 0 Å². The Morgan fingerprint density at radius 2 is 1.75 bits per heavy atom. The molecule has 2 heterocycles. The molecule has 7 nitrogen and oxygen atoms in total. The van der Waals surface area contributed by atoms with Crippen molar-refractivity contribution in [1.29, 1.82) is 0 Å². The summed E-state index contributed by atoms with van der Waals surface area (Å²) in [5, 5.41) is 7.35. The Balaban J connectivity index is 1.89. The number of amides is 1. The lowest BCUT2D eigenvalue weighted by Crippen LogP contribution is -2.25. The summed E-state index contributed by atoms with van der Waals surface area (Å²) in [6.45, 7) is 0. The number of aromatic nitrogens is 2. The van der Waals surface area contributed by atoms with Gasteiger partial charge in [-0.1, -0.05) is 12.1 Å². The van der Waals surface area contributed by atoms with E-state index in [9.17, 15) is 4.79 Å². The van der Waals surface area contributed by atoms with Crippen LogP contribution in [-0.2, 0) is 0 Å². The third-order valence-corrected chi connectivity index (χ3v) is 5.08. The first-order valence-corrected chi connectivity index (χ1v) is 8.80. The molecule has 1 aliphatic heterocycles. The molecule has 1 aromatic heterocycles. The molecule has 0 saturated heterocycles. The highest BCUT2D eigenvalue weighted by Gasteiger charge is 2.41. The molecule has 28 heavy (non-hydrogen) atoms. The first-order chi connectivity index (χ1) is 13.6. The van der Waals surface area contributed by atoms with E-state index in [1.807, 2.05) is 42.5 Å². The summed E-state index contributed by atoms with van der Waals surface area (Å²) in [7, 11) is 6.61. The number of fused-ring (bicyclic) bond motifs is 1. The summed E-state index contributed by atoms with van der Waals surface area (Å²) in [6, 6.07) is 12.9. The maximum atomic E-state index is 12.8. The average Bonchev–Trinajstić information content (AvgIpc) is 3.27. The molecule has 0 spiro atoms. The second-order valence-electron chi connectivity index (χ2n) is 6.52. The minimum atomic E-state index is -0.330. The number of aromatic amines is 1. The summed E-state index contributed by atoms with van der Waals surface area (Å²) >= 11 is 0. The number of ether oxygens (including phenoxy) is 3. The highest BCUT2D eigenvalue weighted by Crippen LogP contribution is 2.45. The first kappa shape index (κ1) is 17.9. The predicted molar refractivity (Wildman–Crippen MR) is 104 cm³/mol. The van der Waals surface area contributed by atoms with E-state index >= 15 is 0 Å². The Labute approximate surface area is 162 Å². The minimum Gasteiger partial charge on any atom is -0.497 e. The molecule has 3 aromatic rings. The summed E-state index contributed by atoms with van der Waals surface area (Å²) in [5.74, 6) is 1.95. The number of nitrogens with one attached hydrogen (secondary N) is 1. The van der Waals surface area contributed by atoms with Crippen molar-refractivity contribution in [3.05, 3.63) is 59.3 Å². The second-order valence-corrected chi connectivity index (χ2v) is 6.52. The van der Waals surface area contributed by atoms with Gasteiger partial charge >= 0.3 is 0 Å². The number of carbonyl (C=O) groups excluding carboxylic acids is 1. The normalized spacial score (nSPS) is 15.5. The SMILES string of the molecule is COc1cccc(-c2n[nH]c3c2[C@H](c2ccc(OC)cc2OC)N(C)C3=O)c1. The highest BCUT2D eigenvalue weighted by atomic mass is 16.5. The van der Waals surface area contributed by atoms with Crippen LogP contribution in [0.3, 0.4) is 0 Å². The molecule has 0 saturated carbocycles. The van der Waals surface area contributed by atoms with Crippen molar-refractivity contribution in [1.82, 2.24) is 15.1 Å². The monoisotopic (exact) mass is 379 g/mol. The van der Waals surface area contributed by atoms with Crippen molar-refractivity contribution in [2.24, 2.45) is 0 Å². The van der Waals surface area contributed by atoms with Crippen LogP contribution in [0.15, 0.2) is 42.5 Å². The van der Waals surface area contributed by atoms with Gasteiger partial charge in [0.2, 0.25) is 0 Å². The van der Waals surface area contributed by atoms with Gasteiger partial charge in [-0.3, -0.25) is 9.89 Å². The predicted octanol–water partition coefficient (Wildman–Crippen LogP) is 3.28. The summed E-state index contributed by atoms with van der Waals surface area (Å²) in [6.07, 6.45) is 0. The van der Waals surface area contributed by atoms with Gasteiger partial charge < -0.3 is 19.1 Å². The van der Waals surface area contributed by atoms with Crippen molar-refractivity contribution in [3.8, 4) is 28.5 Å². The average molecular weight is 379 g/mol. The number of rotatable bonds is 5. The first-order valence-electron chi connectivity index (χ1n) is 8.80. The molecule has 0 radical (unpaired) electrons. The summed E-state index contributed by atoms with van der Waals surface area (Å²) in [5.41, 5.74) is 3.77. The van der Waals surface area contributed by atoms with Gasteiger partial charge in [-0.05, 0) is 24.3 Å². The van der Waals surface area contributed by atoms with Gasteiger partial charge in [0.05, 0.1) is 33.1 Å². The fourth-order valence-corrected chi connectivity index (χ4v) is 3.67. The molecule has 1 N–H and O–H groups in total. The van der Waals surface area contributed by atoms with E-state index in [2.05, 4.69) is 10.2 Å². The molecule has 1 atom stereocenters. The number of methoxy groups -OCH3 is 3. The van der Waals surface area contributed by atoms with Crippen LogP contribution in [0.25, 0.3) is 11.3 Å². The van der Waals surface area contributed by atoms with Crippen molar-refractivity contribution < 1.29 is 19.0 Å². The number of hydrogen-bond donors (Lipinski definition) is 1. The zero-order valence-corrected chi connectivity index (χ0v) is 16.1. The Morgan fingerprint density at radius 3 is 2.46 bits per heavy atom. The molecule has 4 rings (SSSR count). The third-order valence-electron chi connectivity index (χ3n) is 5.08. The van der Waals surface area contributed by atoms with Crippen molar-refractivity contribution in [2.45, 2.75) is 6.04 Å². The molecule has 1 amide bonds. The van der Waals surface area contributed by atoms with Crippen molar-refractivity contribution in [2.75, 3.05) is 28.4 Å². The lowest BCUT2D eigenvalue weighted by Gasteiger charge is -2.24. The number of H-pyrrole nitrogens is 1. The van der Waals surface area contributed by atoms with Gasteiger partial charge in [-0.25, -0.2) is 0 Å². The molecule has 2 aromatic carbocycles. The van der Waals surface area contributed by atoms with Crippen LogP contribution in [0, 0.1) is 0 Å². The Hall–Kier alpha value is -3.48. The van der Waals surface area contributed by atoms with E-state index in [0.717, 1.165) is 28.1 Å². The van der Waals surface area contributed by atoms with E-state index in [-0.39, 0.29) is 11.9 Å². The number of nitrogens with zero attached hydrogens (tertiary/aromatic N) is 2. The van der Waals surface area contributed by atoms with E-state index in [0.29, 0.717) is 17.2 Å². The van der Waals surface area contributed by atoms with Crippen LogP contribution in [0.2, 0.25) is 0 Å². The second kappa shape index (κ2) is 6.92. The molecule has 7 heteroatoms. The van der Waals surface area contributed by atoms with Crippen LogP contribution in [-0.4, -0.2) is 49.4 Å². The van der Waals surface area contributed by atoms with Crippen LogP contribution < -0.4 is 14.2 Å². The number of benzene rings is 2. The molecular weight excluding hydrogens is 358 g/mol.